The molecule has 1 aliphatic rings. The molecule has 4 nitrogen and oxygen atoms in total. The Morgan fingerprint density at radius 2 is 0.941 bits per heavy atom. The van der Waals surface area contributed by atoms with Crippen molar-refractivity contribution in [3.8, 4) is 11.1 Å². The van der Waals surface area contributed by atoms with Crippen molar-refractivity contribution >= 4 is 17.1 Å². The van der Waals surface area contributed by atoms with E-state index in [-0.39, 0.29) is 25.2 Å². The predicted molar refractivity (Wildman–Crippen MR) is 136 cm³/mol. The number of hydrogen-bond donors (Lipinski definition) is 3. The minimum Gasteiger partial charge on any atom is -0.392 e. The van der Waals surface area contributed by atoms with Crippen LogP contribution in [-0.2, 0) is 25.2 Å². The zero-order valence-electron chi connectivity index (χ0n) is 19.5. The fraction of sp³-hybridized carbons (Fsp3) is 0.200. The van der Waals surface area contributed by atoms with E-state index in [1.165, 1.54) is 22.3 Å². The molecule has 0 saturated heterocycles. The van der Waals surface area contributed by atoms with Crippen LogP contribution in [-0.4, -0.2) is 15.3 Å². The molecule has 4 aromatic rings. The Kier molecular flexibility index (Phi) is 5.74. The topological polar surface area (TPSA) is 63.9 Å². The number of benzene rings is 4. The first kappa shape index (κ1) is 22.4. The third-order valence-electron chi connectivity index (χ3n) is 6.92. The van der Waals surface area contributed by atoms with Crippen LogP contribution < -0.4 is 4.90 Å². The van der Waals surface area contributed by atoms with Gasteiger partial charge in [-0.15, -0.1) is 0 Å². The molecular formula is C30H29NO3. The molecule has 1 aliphatic carbocycles. The molecule has 0 bridgehead atoms. The van der Waals surface area contributed by atoms with Crippen molar-refractivity contribution in [3.05, 3.63) is 113 Å². The number of rotatable bonds is 6. The lowest BCUT2D eigenvalue weighted by Gasteiger charge is -2.28. The minimum atomic E-state index is -0.195. The van der Waals surface area contributed by atoms with Crippen LogP contribution in [0.15, 0.2) is 84.9 Å². The molecule has 0 aromatic heterocycles. The highest BCUT2D eigenvalue weighted by Gasteiger charge is 2.36. The molecule has 0 fully saturated rings. The van der Waals surface area contributed by atoms with Gasteiger partial charge < -0.3 is 20.2 Å². The first-order valence-corrected chi connectivity index (χ1v) is 11.5. The fourth-order valence-corrected chi connectivity index (χ4v) is 4.96. The van der Waals surface area contributed by atoms with Gasteiger partial charge in [0.25, 0.3) is 0 Å². The first-order chi connectivity index (χ1) is 16.5. The Morgan fingerprint density at radius 1 is 0.529 bits per heavy atom. The summed E-state index contributed by atoms with van der Waals surface area (Å²) < 4.78 is 0. The summed E-state index contributed by atoms with van der Waals surface area (Å²) in [7, 11) is 0. The summed E-state index contributed by atoms with van der Waals surface area (Å²) in [6, 6.07) is 28.7. The van der Waals surface area contributed by atoms with Crippen molar-refractivity contribution in [2.24, 2.45) is 0 Å². The van der Waals surface area contributed by atoms with E-state index in [1.807, 2.05) is 54.6 Å². The van der Waals surface area contributed by atoms with Crippen LogP contribution in [0.3, 0.4) is 0 Å². The van der Waals surface area contributed by atoms with Crippen molar-refractivity contribution in [1.82, 2.24) is 0 Å². The molecule has 3 N–H and O–H groups in total. The summed E-state index contributed by atoms with van der Waals surface area (Å²) in [6.45, 7) is 4.52. The highest BCUT2D eigenvalue weighted by molar-refractivity contribution is 5.85. The predicted octanol–water partition coefficient (Wildman–Crippen LogP) is 5.94. The molecule has 0 aliphatic heterocycles. The molecule has 0 heterocycles. The maximum atomic E-state index is 9.66. The van der Waals surface area contributed by atoms with Gasteiger partial charge in [-0.3, -0.25) is 0 Å². The van der Waals surface area contributed by atoms with Gasteiger partial charge in [0.15, 0.2) is 0 Å². The minimum absolute atomic E-state index is 0.00655. The summed E-state index contributed by atoms with van der Waals surface area (Å²) in [5, 5.41) is 28.6. The average molecular weight is 452 g/mol. The van der Waals surface area contributed by atoms with Gasteiger partial charge in [0.2, 0.25) is 0 Å². The molecule has 0 unspecified atom stereocenters. The van der Waals surface area contributed by atoms with Gasteiger partial charge in [-0.2, -0.15) is 0 Å². The Labute approximate surface area is 200 Å². The largest absolute Gasteiger partial charge is 0.392 e. The molecule has 0 saturated carbocycles. The SMILES string of the molecule is CC1(C)c2cc(CO)ccc2-c2ccc(N(c3ccc(CO)cc3)c3ccc(CO)cc3)cc21. The number of hydrogen-bond acceptors (Lipinski definition) is 4. The molecule has 172 valence electrons. The van der Waals surface area contributed by atoms with Gasteiger partial charge in [-0.25, -0.2) is 0 Å². The Hall–Kier alpha value is -3.44. The molecule has 0 radical (unpaired) electrons. The molecule has 4 heteroatoms. The van der Waals surface area contributed by atoms with E-state index in [1.54, 1.807) is 0 Å². The zero-order valence-corrected chi connectivity index (χ0v) is 19.5. The lowest BCUT2D eigenvalue weighted by atomic mass is 9.82. The number of aliphatic hydroxyl groups excluding tert-OH is 3. The number of fused-ring (bicyclic) bond motifs is 3. The summed E-state index contributed by atoms with van der Waals surface area (Å²) >= 11 is 0. The summed E-state index contributed by atoms with van der Waals surface area (Å²) in [4.78, 5) is 2.20. The van der Waals surface area contributed by atoms with Gasteiger partial charge in [0, 0.05) is 22.5 Å². The van der Waals surface area contributed by atoms with Crippen LogP contribution in [0.1, 0.15) is 41.7 Å². The van der Waals surface area contributed by atoms with Crippen LogP contribution >= 0.6 is 0 Å². The van der Waals surface area contributed by atoms with E-state index < -0.39 is 0 Å². The Balaban J connectivity index is 1.65. The number of nitrogens with zero attached hydrogens (tertiary/aromatic N) is 1. The second kappa shape index (κ2) is 8.73. The molecule has 5 rings (SSSR count). The third-order valence-corrected chi connectivity index (χ3v) is 6.92. The molecule has 4 aromatic carbocycles. The fourth-order valence-electron chi connectivity index (χ4n) is 4.96. The normalized spacial score (nSPS) is 13.4. The van der Waals surface area contributed by atoms with E-state index in [2.05, 4.69) is 49.1 Å². The summed E-state index contributed by atoms with van der Waals surface area (Å²) in [6.07, 6.45) is 0. The number of anilines is 3. The first-order valence-electron chi connectivity index (χ1n) is 11.5. The zero-order chi connectivity index (χ0) is 23.9. The summed E-state index contributed by atoms with van der Waals surface area (Å²) in [5.74, 6) is 0. The van der Waals surface area contributed by atoms with Crippen LogP contribution in [0, 0.1) is 0 Å². The van der Waals surface area contributed by atoms with E-state index >= 15 is 0 Å². The van der Waals surface area contributed by atoms with Gasteiger partial charge in [-0.1, -0.05) is 62.4 Å². The molecule has 34 heavy (non-hydrogen) atoms. The van der Waals surface area contributed by atoms with Crippen molar-refractivity contribution in [2.75, 3.05) is 4.90 Å². The average Bonchev–Trinajstić information content (AvgIpc) is 3.11. The quantitative estimate of drug-likeness (QED) is 0.339. The van der Waals surface area contributed by atoms with Crippen LogP contribution in [0.4, 0.5) is 17.1 Å². The third kappa shape index (κ3) is 3.70. The van der Waals surface area contributed by atoms with Crippen LogP contribution in [0.5, 0.6) is 0 Å². The van der Waals surface area contributed by atoms with Gasteiger partial charge >= 0.3 is 0 Å². The maximum Gasteiger partial charge on any atom is 0.0681 e. The monoisotopic (exact) mass is 451 g/mol. The second-order valence-corrected chi connectivity index (χ2v) is 9.38. The van der Waals surface area contributed by atoms with Crippen molar-refractivity contribution in [3.63, 3.8) is 0 Å². The van der Waals surface area contributed by atoms with Gasteiger partial charge in [0.1, 0.15) is 0 Å². The van der Waals surface area contributed by atoms with E-state index in [4.69, 9.17) is 0 Å². The highest BCUT2D eigenvalue weighted by Crippen LogP contribution is 2.50. The lowest BCUT2D eigenvalue weighted by Crippen LogP contribution is -2.17. The van der Waals surface area contributed by atoms with E-state index in [0.717, 1.165) is 33.8 Å². The van der Waals surface area contributed by atoms with Crippen molar-refractivity contribution in [1.29, 1.82) is 0 Å². The van der Waals surface area contributed by atoms with Crippen LogP contribution in [0.25, 0.3) is 11.1 Å². The van der Waals surface area contributed by atoms with Crippen molar-refractivity contribution in [2.45, 2.75) is 39.1 Å². The standard InChI is InChI=1S/C30H29NO3/c1-30(2)28-15-22(19-34)7-13-26(28)27-14-12-25(16-29(27)30)31(23-8-3-20(17-32)4-9-23)24-10-5-21(18-33)6-11-24/h3-16,32-34H,17-19H2,1-2H3. The molecular weight excluding hydrogens is 422 g/mol. The lowest BCUT2D eigenvalue weighted by molar-refractivity contribution is 0.281. The summed E-state index contributed by atoms with van der Waals surface area (Å²) in [5.41, 5.74) is 10.4. The molecule has 0 spiro atoms. The second-order valence-electron chi connectivity index (χ2n) is 9.38. The van der Waals surface area contributed by atoms with Crippen LogP contribution in [0.2, 0.25) is 0 Å². The Bertz CT molecular complexity index is 1280. The highest BCUT2D eigenvalue weighted by atomic mass is 16.3. The van der Waals surface area contributed by atoms with Gasteiger partial charge in [0.05, 0.1) is 19.8 Å². The molecule has 0 amide bonds. The number of aliphatic hydroxyl groups is 3. The van der Waals surface area contributed by atoms with Crippen molar-refractivity contribution < 1.29 is 15.3 Å². The van der Waals surface area contributed by atoms with E-state index in [0.29, 0.717) is 0 Å². The van der Waals surface area contributed by atoms with Gasteiger partial charge in [-0.05, 0) is 75.3 Å². The van der Waals surface area contributed by atoms with E-state index in [9.17, 15) is 15.3 Å². The molecule has 0 atom stereocenters. The Morgan fingerprint density at radius 3 is 1.44 bits per heavy atom. The smallest absolute Gasteiger partial charge is 0.0681 e. The maximum absolute atomic E-state index is 9.66.